The Kier molecular flexibility index (Phi) is 6.39. The summed E-state index contributed by atoms with van der Waals surface area (Å²) in [5.41, 5.74) is 1.95. The minimum atomic E-state index is -3.77. The van der Waals surface area contributed by atoms with Gasteiger partial charge in [-0.3, -0.25) is 4.18 Å². The van der Waals surface area contributed by atoms with Crippen LogP contribution in [0.1, 0.15) is 39.2 Å². The van der Waals surface area contributed by atoms with Gasteiger partial charge in [-0.25, -0.2) is 0 Å². The highest BCUT2D eigenvalue weighted by atomic mass is 32.2. The molecule has 2 fully saturated rings. The van der Waals surface area contributed by atoms with E-state index in [1.165, 1.54) is 0 Å². The van der Waals surface area contributed by atoms with Crippen molar-refractivity contribution in [3.63, 3.8) is 0 Å². The fourth-order valence-corrected chi connectivity index (χ4v) is 5.14. The normalized spacial score (nSPS) is 26.8. The summed E-state index contributed by atoms with van der Waals surface area (Å²) < 4.78 is 42.0. The maximum atomic E-state index is 12.6. The highest BCUT2D eigenvalue weighted by Crippen LogP contribution is 2.48. The molecule has 160 valence electrons. The van der Waals surface area contributed by atoms with E-state index in [4.69, 9.17) is 13.7 Å². The largest absolute Gasteiger partial charge is 0.344 e. The van der Waals surface area contributed by atoms with E-state index >= 15 is 0 Å². The Morgan fingerprint density at radius 2 is 1.79 bits per heavy atom. The van der Waals surface area contributed by atoms with Crippen LogP contribution in [0.4, 0.5) is 0 Å². The van der Waals surface area contributed by atoms with E-state index in [0.717, 1.165) is 24.0 Å². The van der Waals surface area contributed by atoms with Crippen molar-refractivity contribution in [3.8, 4) is 0 Å². The van der Waals surface area contributed by atoms with E-state index in [9.17, 15) is 8.42 Å². The summed E-state index contributed by atoms with van der Waals surface area (Å²) in [7, 11) is -3.77. The first-order valence-corrected chi connectivity index (χ1v) is 11.6. The van der Waals surface area contributed by atoms with Gasteiger partial charge in [-0.1, -0.05) is 49.8 Å². The molecule has 1 aliphatic heterocycles. The van der Waals surface area contributed by atoms with E-state index < -0.39 is 15.9 Å². The van der Waals surface area contributed by atoms with Crippen molar-refractivity contribution in [2.24, 2.45) is 17.3 Å². The molecule has 5 nitrogen and oxygen atoms in total. The Balaban J connectivity index is 1.71. The molecule has 0 N–H and O–H groups in total. The van der Waals surface area contributed by atoms with E-state index in [0.29, 0.717) is 13.2 Å². The SMILES string of the molecule is C=C1CC[C@H](COS(=O)(=O)c2ccc(C)cc2)C(C)(C)C1/C=C/C1(C)OCCO1. The van der Waals surface area contributed by atoms with Crippen molar-refractivity contribution in [2.75, 3.05) is 19.8 Å². The van der Waals surface area contributed by atoms with Crippen LogP contribution in [0.3, 0.4) is 0 Å². The van der Waals surface area contributed by atoms with Gasteiger partial charge in [-0.15, -0.1) is 0 Å². The predicted octanol–water partition coefficient (Wildman–Crippen LogP) is 4.63. The predicted molar refractivity (Wildman–Crippen MR) is 113 cm³/mol. The van der Waals surface area contributed by atoms with Crippen LogP contribution in [0.25, 0.3) is 0 Å². The summed E-state index contributed by atoms with van der Waals surface area (Å²) in [6.07, 6.45) is 5.76. The third-order valence-electron chi connectivity index (χ3n) is 6.29. The summed E-state index contributed by atoms with van der Waals surface area (Å²) in [6, 6.07) is 6.73. The van der Waals surface area contributed by atoms with Crippen LogP contribution in [0.2, 0.25) is 0 Å². The number of hydrogen-bond acceptors (Lipinski definition) is 5. The van der Waals surface area contributed by atoms with Gasteiger partial charge in [0.05, 0.1) is 24.7 Å². The number of benzene rings is 1. The second kappa shape index (κ2) is 8.34. The van der Waals surface area contributed by atoms with Crippen molar-refractivity contribution in [2.45, 2.75) is 51.2 Å². The van der Waals surface area contributed by atoms with Gasteiger partial charge in [0.25, 0.3) is 10.1 Å². The second-order valence-corrected chi connectivity index (χ2v) is 10.4. The van der Waals surface area contributed by atoms with Gasteiger partial charge >= 0.3 is 0 Å². The number of ether oxygens (including phenoxy) is 2. The molecule has 0 spiro atoms. The molecule has 2 aliphatic rings. The van der Waals surface area contributed by atoms with Gasteiger partial charge in [0.2, 0.25) is 0 Å². The standard InChI is InChI=1S/C23H32O5S/c1-17-6-10-20(11-7-17)29(24,25)28-16-19-9-8-18(2)21(22(19,3)4)12-13-23(5)26-14-15-27-23/h6-7,10-13,19,21H,2,8-9,14-16H2,1,3-5H3/b13-12+/t19-,21?/m1/s1. The van der Waals surface area contributed by atoms with Crippen molar-refractivity contribution < 1.29 is 22.1 Å². The lowest BCUT2D eigenvalue weighted by Gasteiger charge is -2.45. The molecule has 0 bridgehead atoms. The molecule has 1 saturated carbocycles. The first-order valence-electron chi connectivity index (χ1n) is 10.1. The average molecular weight is 421 g/mol. The number of allylic oxidation sites excluding steroid dienone is 2. The quantitative estimate of drug-likeness (QED) is 0.496. The molecule has 1 unspecified atom stereocenters. The lowest BCUT2D eigenvalue weighted by atomic mass is 9.60. The summed E-state index contributed by atoms with van der Waals surface area (Å²) in [5.74, 6) is -0.521. The van der Waals surface area contributed by atoms with Gasteiger partial charge in [-0.2, -0.15) is 8.42 Å². The van der Waals surface area contributed by atoms with E-state index in [2.05, 4.69) is 26.5 Å². The maximum Gasteiger partial charge on any atom is 0.296 e. The lowest BCUT2D eigenvalue weighted by molar-refractivity contribution is -0.100. The molecule has 29 heavy (non-hydrogen) atoms. The fraction of sp³-hybridized carbons (Fsp3) is 0.565. The van der Waals surface area contributed by atoms with Gasteiger partial charge in [0.1, 0.15) is 0 Å². The van der Waals surface area contributed by atoms with Gasteiger partial charge < -0.3 is 9.47 Å². The van der Waals surface area contributed by atoms with Crippen LogP contribution in [0.5, 0.6) is 0 Å². The zero-order valence-corrected chi connectivity index (χ0v) is 18.6. The van der Waals surface area contributed by atoms with Gasteiger partial charge in [0.15, 0.2) is 5.79 Å². The van der Waals surface area contributed by atoms with Crippen LogP contribution in [-0.4, -0.2) is 34.0 Å². The number of aryl methyl sites for hydroxylation is 1. The van der Waals surface area contributed by atoms with Crippen molar-refractivity contribution >= 4 is 10.1 Å². The van der Waals surface area contributed by atoms with Crippen LogP contribution >= 0.6 is 0 Å². The molecule has 0 amide bonds. The van der Waals surface area contributed by atoms with E-state index in [1.54, 1.807) is 24.3 Å². The van der Waals surface area contributed by atoms with Gasteiger partial charge in [-0.05, 0) is 56.2 Å². The molecule has 0 aromatic heterocycles. The Morgan fingerprint density at radius 1 is 1.17 bits per heavy atom. The first-order chi connectivity index (χ1) is 13.5. The molecular formula is C23H32O5S. The highest BCUT2D eigenvalue weighted by Gasteiger charge is 2.42. The van der Waals surface area contributed by atoms with Crippen LogP contribution in [0, 0.1) is 24.2 Å². The van der Waals surface area contributed by atoms with Crippen molar-refractivity contribution in [1.29, 1.82) is 0 Å². The second-order valence-electron chi connectivity index (χ2n) is 8.82. The van der Waals surface area contributed by atoms with Crippen LogP contribution in [-0.2, 0) is 23.8 Å². The zero-order valence-electron chi connectivity index (χ0n) is 17.8. The Hall–Kier alpha value is -1.47. The molecule has 1 aromatic carbocycles. The Bertz CT molecular complexity index is 861. The minimum absolute atomic E-state index is 0.0843. The fourth-order valence-electron chi connectivity index (χ4n) is 4.19. The molecule has 1 aromatic rings. The van der Waals surface area contributed by atoms with Gasteiger partial charge in [0, 0.05) is 5.92 Å². The van der Waals surface area contributed by atoms with Crippen LogP contribution in [0.15, 0.2) is 53.5 Å². The molecule has 1 heterocycles. The molecule has 0 radical (unpaired) electrons. The first kappa shape index (κ1) is 22.2. The minimum Gasteiger partial charge on any atom is -0.344 e. The summed E-state index contributed by atoms with van der Waals surface area (Å²) in [5, 5.41) is 0. The average Bonchev–Trinajstić information content (AvgIpc) is 3.07. The highest BCUT2D eigenvalue weighted by molar-refractivity contribution is 7.86. The Labute approximate surface area is 174 Å². The monoisotopic (exact) mass is 420 g/mol. The molecule has 6 heteroatoms. The molecule has 1 aliphatic carbocycles. The number of rotatable bonds is 6. The molecule has 2 atom stereocenters. The maximum absolute atomic E-state index is 12.6. The number of hydrogen-bond donors (Lipinski definition) is 0. The van der Waals surface area contributed by atoms with Crippen molar-refractivity contribution in [3.05, 3.63) is 54.1 Å². The molecule has 1 saturated heterocycles. The van der Waals surface area contributed by atoms with E-state index in [1.807, 2.05) is 19.9 Å². The molecule has 3 rings (SSSR count). The molecular weight excluding hydrogens is 388 g/mol. The lowest BCUT2D eigenvalue weighted by Crippen LogP contribution is -2.40. The summed E-state index contributed by atoms with van der Waals surface area (Å²) in [6.45, 7) is 13.7. The van der Waals surface area contributed by atoms with E-state index in [-0.39, 0.29) is 28.8 Å². The third-order valence-corrected chi connectivity index (χ3v) is 7.59. The third kappa shape index (κ3) is 5.00. The van der Waals surface area contributed by atoms with Crippen LogP contribution < -0.4 is 0 Å². The zero-order chi connectivity index (χ0) is 21.3. The van der Waals surface area contributed by atoms with Crippen molar-refractivity contribution in [1.82, 2.24) is 0 Å². The topological polar surface area (TPSA) is 61.8 Å². The summed E-state index contributed by atoms with van der Waals surface area (Å²) >= 11 is 0. The smallest absolute Gasteiger partial charge is 0.296 e. The Morgan fingerprint density at radius 3 is 2.41 bits per heavy atom. The summed E-state index contributed by atoms with van der Waals surface area (Å²) in [4.78, 5) is 0.195.